The molecular weight excluding hydrogens is 230 g/mol. The molecule has 1 heteroatoms. The van der Waals surface area contributed by atoms with Crippen molar-refractivity contribution in [3.05, 3.63) is 0 Å². The zero-order valence-corrected chi connectivity index (χ0v) is 13.3. The molecule has 2 aliphatic carbocycles. The molecule has 1 nitrogen and oxygen atoms in total. The van der Waals surface area contributed by atoms with Gasteiger partial charge in [-0.15, -0.1) is 0 Å². The SMILES string of the molecule is CCCCC1CCC(CNC)(CC2CCCC2)CC1. The molecule has 0 aromatic heterocycles. The molecular formula is C18H35N. The van der Waals surface area contributed by atoms with Crippen molar-refractivity contribution in [3.63, 3.8) is 0 Å². The fourth-order valence-corrected chi connectivity index (χ4v) is 4.73. The molecule has 2 aliphatic rings. The van der Waals surface area contributed by atoms with Gasteiger partial charge in [0.05, 0.1) is 0 Å². The van der Waals surface area contributed by atoms with Crippen molar-refractivity contribution in [3.8, 4) is 0 Å². The van der Waals surface area contributed by atoms with Gasteiger partial charge in [0, 0.05) is 6.54 Å². The summed E-state index contributed by atoms with van der Waals surface area (Å²) >= 11 is 0. The fraction of sp³-hybridized carbons (Fsp3) is 1.00. The van der Waals surface area contributed by atoms with Gasteiger partial charge in [-0.2, -0.15) is 0 Å². The standard InChI is InChI=1S/C18H35N/c1-3-4-7-16-10-12-18(13-11-16,15-19-2)14-17-8-5-6-9-17/h16-17,19H,3-15H2,1-2H3. The minimum absolute atomic E-state index is 0.659. The van der Waals surface area contributed by atoms with Crippen LogP contribution in [0.15, 0.2) is 0 Å². The Morgan fingerprint density at radius 2 is 1.68 bits per heavy atom. The summed E-state index contributed by atoms with van der Waals surface area (Å²) in [7, 11) is 2.15. The van der Waals surface area contributed by atoms with E-state index < -0.39 is 0 Å². The lowest BCUT2D eigenvalue weighted by molar-refractivity contribution is 0.109. The molecule has 0 aromatic carbocycles. The zero-order valence-electron chi connectivity index (χ0n) is 13.3. The van der Waals surface area contributed by atoms with Gasteiger partial charge in [-0.05, 0) is 56.4 Å². The Morgan fingerprint density at radius 3 is 2.26 bits per heavy atom. The monoisotopic (exact) mass is 265 g/mol. The third kappa shape index (κ3) is 4.48. The van der Waals surface area contributed by atoms with Crippen LogP contribution in [-0.2, 0) is 0 Å². The summed E-state index contributed by atoms with van der Waals surface area (Å²) in [6.07, 6.45) is 17.9. The van der Waals surface area contributed by atoms with Gasteiger partial charge in [-0.1, -0.05) is 51.9 Å². The Bertz CT molecular complexity index is 234. The van der Waals surface area contributed by atoms with Crippen molar-refractivity contribution in [2.75, 3.05) is 13.6 Å². The van der Waals surface area contributed by atoms with E-state index in [1.165, 1.54) is 83.6 Å². The molecule has 0 radical (unpaired) electrons. The van der Waals surface area contributed by atoms with E-state index in [0.717, 1.165) is 11.8 Å². The number of hydrogen-bond donors (Lipinski definition) is 1. The second kappa shape index (κ2) is 7.67. The molecule has 0 spiro atoms. The van der Waals surface area contributed by atoms with Gasteiger partial charge >= 0.3 is 0 Å². The molecule has 0 amide bonds. The van der Waals surface area contributed by atoms with E-state index in [-0.39, 0.29) is 0 Å². The minimum Gasteiger partial charge on any atom is -0.319 e. The molecule has 0 saturated heterocycles. The number of hydrogen-bond acceptors (Lipinski definition) is 1. The van der Waals surface area contributed by atoms with Gasteiger partial charge in [0.25, 0.3) is 0 Å². The van der Waals surface area contributed by atoms with Crippen molar-refractivity contribution in [2.45, 2.75) is 84.0 Å². The number of unbranched alkanes of at least 4 members (excludes halogenated alkanes) is 1. The molecule has 2 rings (SSSR count). The molecule has 0 aliphatic heterocycles. The molecule has 2 saturated carbocycles. The van der Waals surface area contributed by atoms with Crippen LogP contribution in [0.3, 0.4) is 0 Å². The molecule has 0 atom stereocenters. The highest BCUT2D eigenvalue weighted by atomic mass is 14.8. The predicted octanol–water partition coefficient (Wildman–Crippen LogP) is 5.15. The van der Waals surface area contributed by atoms with Gasteiger partial charge in [-0.25, -0.2) is 0 Å². The Balaban J connectivity index is 1.83. The summed E-state index contributed by atoms with van der Waals surface area (Å²) in [6.45, 7) is 3.60. The average Bonchev–Trinajstić information content (AvgIpc) is 2.91. The largest absolute Gasteiger partial charge is 0.319 e. The first kappa shape index (κ1) is 15.4. The molecule has 0 heterocycles. The Morgan fingerprint density at radius 1 is 1.00 bits per heavy atom. The van der Waals surface area contributed by atoms with Crippen molar-refractivity contribution >= 4 is 0 Å². The fourth-order valence-electron chi connectivity index (χ4n) is 4.73. The molecule has 0 aromatic rings. The van der Waals surface area contributed by atoms with Gasteiger partial charge in [0.15, 0.2) is 0 Å². The summed E-state index contributed by atoms with van der Waals surface area (Å²) in [5.41, 5.74) is 0.659. The second-order valence-corrected chi connectivity index (χ2v) is 7.47. The molecule has 1 N–H and O–H groups in total. The van der Waals surface area contributed by atoms with Crippen LogP contribution in [-0.4, -0.2) is 13.6 Å². The van der Waals surface area contributed by atoms with E-state index in [1.54, 1.807) is 0 Å². The van der Waals surface area contributed by atoms with Crippen LogP contribution in [0.4, 0.5) is 0 Å². The Hall–Kier alpha value is -0.0400. The first-order valence-corrected chi connectivity index (χ1v) is 8.92. The lowest BCUT2D eigenvalue weighted by Gasteiger charge is -2.42. The van der Waals surface area contributed by atoms with Crippen molar-refractivity contribution < 1.29 is 0 Å². The molecule has 0 bridgehead atoms. The van der Waals surface area contributed by atoms with Crippen LogP contribution in [0, 0.1) is 17.3 Å². The van der Waals surface area contributed by atoms with Crippen LogP contribution in [0.25, 0.3) is 0 Å². The van der Waals surface area contributed by atoms with E-state index in [1.807, 2.05) is 0 Å². The third-order valence-corrected chi connectivity index (χ3v) is 5.88. The third-order valence-electron chi connectivity index (χ3n) is 5.88. The first-order chi connectivity index (χ1) is 9.28. The molecule has 112 valence electrons. The topological polar surface area (TPSA) is 12.0 Å². The van der Waals surface area contributed by atoms with E-state index in [4.69, 9.17) is 0 Å². The van der Waals surface area contributed by atoms with E-state index in [2.05, 4.69) is 19.3 Å². The van der Waals surface area contributed by atoms with Crippen LogP contribution >= 0.6 is 0 Å². The lowest BCUT2D eigenvalue weighted by Crippen LogP contribution is -2.37. The van der Waals surface area contributed by atoms with Crippen LogP contribution < -0.4 is 5.32 Å². The maximum absolute atomic E-state index is 3.51. The Labute approximate surface area is 120 Å². The first-order valence-electron chi connectivity index (χ1n) is 8.92. The number of nitrogens with one attached hydrogen (secondary N) is 1. The van der Waals surface area contributed by atoms with Crippen LogP contribution in [0.1, 0.15) is 84.0 Å². The molecule has 19 heavy (non-hydrogen) atoms. The van der Waals surface area contributed by atoms with Crippen molar-refractivity contribution in [1.29, 1.82) is 0 Å². The molecule has 2 fully saturated rings. The zero-order chi connectivity index (χ0) is 13.6. The minimum atomic E-state index is 0.659. The summed E-state index contributed by atoms with van der Waals surface area (Å²) in [5, 5.41) is 3.51. The normalized spacial score (nSPS) is 32.8. The summed E-state index contributed by atoms with van der Waals surface area (Å²) < 4.78 is 0. The maximum atomic E-state index is 3.51. The van der Waals surface area contributed by atoms with Crippen LogP contribution in [0.5, 0.6) is 0 Å². The van der Waals surface area contributed by atoms with Crippen LogP contribution in [0.2, 0.25) is 0 Å². The maximum Gasteiger partial charge on any atom is 0.000491 e. The van der Waals surface area contributed by atoms with E-state index >= 15 is 0 Å². The highest BCUT2D eigenvalue weighted by molar-refractivity contribution is 4.90. The van der Waals surface area contributed by atoms with Crippen molar-refractivity contribution in [1.82, 2.24) is 5.32 Å². The van der Waals surface area contributed by atoms with E-state index in [0.29, 0.717) is 5.41 Å². The summed E-state index contributed by atoms with van der Waals surface area (Å²) in [4.78, 5) is 0. The molecule has 0 unspecified atom stereocenters. The van der Waals surface area contributed by atoms with Gasteiger partial charge in [-0.3, -0.25) is 0 Å². The second-order valence-electron chi connectivity index (χ2n) is 7.47. The van der Waals surface area contributed by atoms with Gasteiger partial charge in [0.1, 0.15) is 0 Å². The summed E-state index contributed by atoms with van der Waals surface area (Å²) in [6, 6.07) is 0. The highest BCUT2D eigenvalue weighted by Gasteiger charge is 2.36. The van der Waals surface area contributed by atoms with Crippen molar-refractivity contribution in [2.24, 2.45) is 17.3 Å². The van der Waals surface area contributed by atoms with E-state index in [9.17, 15) is 0 Å². The lowest BCUT2D eigenvalue weighted by atomic mass is 9.65. The average molecular weight is 265 g/mol. The summed E-state index contributed by atoms with van der Waals surface area (Å²) in [5.74, 6) is 2.11. The number of rotatable bonds is 7. The Kier molecular flexibility index (Phi) is 6.19. The van der Waals surface area contributed by atoms with Gasteiger partial charge < -0.3 is 5.32 Å². The van der Waals surface area contributed by atoms with Gasteiger partial charge in [0.2, 0.25) is 0 Å². The quantitative estimate of drug-likeness (QED) is 0.671. The smallest absolute Gasteiger partial charge is 0.000491 e. The predicted molar refractivity (Wildman–Crippen MR) is 84.4 cm³/mol. The highest BCUT2D eigenvalue weighted by Crippen LogP contribution is 2.46.